The van der Waals surface area contributed by atoms with Gasteiger partial charge in [0, 0.05) is 63.8 Å². The molecule has 0 bridgehead atoms. The summed E-state index contributed by atoms with van der Waals surface area (Å²) in [4.78, 5) is 23.7. The minimum atomic E-state index is 0.313. The summed E-state index contributed by atoms with van der Waals surface area (Å²) >= 11 is 0. The number of aromatic hydroxyl groups is 1. The summed E-state index contributed by atoms with van der Waals surface area (Å²) in [6, 6.07) is 32.6. The van der Waals surface area contributed by atoms with Crippen LogP contribution in [-0.2, 0) is 53.4 Å². The Labute approximate surface area is 280 Å². The molecule has 0 unspecified atom stereocenters. The molecule has 9 nitrogen and oxygen atoms in total. The van der Waals surface area contributed by atoms with Gasteiger partial charge in [-0.15, -0.1) is 0 Å². The van der Waals surface area contributed by atoms with Gasteiger partial charge in [-0.2, -0.15) is 0 Å². The summed E-state index contributed by atoms with van der Waals surface area (Å²) in [5.41, 5.74) is 8.92. The van der Waals surface area contributed by atoms with Gasteiger partial charge in [0.2, 0.25) is 0 Å². The summed E-state index contributed by atoms with van der Waals surface area (Å²) in [6.45, 7) is 5.59. The van der Waals surface area contributed by atoms with Gasteiger partial charge in [0.05, 0.1) is 46.5 Å². The molecule has 7 rings (SSSR count). The normalized spacial score (nSPS) is 11.8. The van der Waals surface area contributed by atoms with Crippen molar-refractivity contribution in [1.29, 1.82) is 0 Å². The summed E-state index contributed by atoms with van der Waals surface area (Å²) in [5.74, 6) is 2.23. The number of rotatable bonds is 12. The van der Waals surface area contributed by atoms with Crippen LogP contribution in [-0.4, -0.2) is 44.0 Å². The first-order chi connectivity index (χ1) is 23.4. The van der Waals surface area contributed by atoms with Gasteiger partial charge in [0.15, 0.2) is 0 Å². The highest BCUT2D eigenvalue weighted by Crippen LogP contribution is 2.30. The molecule has 242 valence electrons. The molecule has 48 heavy (non-hydrogen) atoms. The van der Waals surface area contributed by atoms with E-state index >= 15 is 0 Å². The molecule has 0 amide bonds. The molecule has 4 aromatic heterocycles. The zero-order valence-electron chi connectivity index (χ0n) is 27.7. The van der Waals surface area contributed by atoms with E-state index in [1.807, 2.05) is 73.1 Å². The van der Waals surface area contributed by atoms with Crippen molar-refractivity contribution >= 4 is 22.1 Å². The number of hydrogen-bond acceptors (Lipinski definition) is 7. The number of pyridine rings is 2. The Morgan fingerprint density at radius 2 is 1.00 bits per heavy atom. The van der Waals surface area contributed by atoms with Crippen molar-refractivity contribution in [3.63, 3.8) is 0 Å². The Balaban J connectivity index is 1.21. The van der Waals surface area contributed by atoms with Gasteiger partial charge in [-0.3, -0.25) is 19.8 Å². The third kappa shape index (κ3) is 6.83. The van der Waals surface area contributed by atoms with Crippen molar-refractivity contribution in [1.82, 2.24) is 38.9 Å². The molecule has 1 N–H and O–H groups in total. The Hall–Kier alpha value is -5.38. The standard InChI is InChI=1S/C39H40N8O/c1-28-20-29(22-46(24-31-12-8-10-18-40-31)25-32-13-9-11-19-41-32)39(48)30(21-28)23-47(26-37-42-33-14-4-6-16-35(33)44(37)2)27-38-43-34-15-5-7-17-36(34)45(38)3/h4-21,48H,22-27H2,1-3H3. The van der Waals surface area contributed by atoms with Crippen LogP contribution < -0.4 is 0 Å². The van der Waals surface area contributed by atoms with Crippen LogP contribution in [0.2, 0.25) is 0 Å². The van der Waals surface area contributed by atoms with Crippen LogP contribution in [0, 0.1) is 6.92 Å². The van der Waals surface area contributed by atoms with Gasteiger partial charge in [-0.05, 0) is 55.5 Å². The molecule has 0 radical (unpaired) electrons. The van der Waals surface area contributed by atoms with Gasteiger partial charge in [0.25, 0.3) is 0 Å². The first kappa shape index (κ1) is 31.2. The van der Waals surface area contributed by atoms with Gasteiger partial charge >= 0.3 is 0 Å². The highest BCUT2D eigenvalue weighted by molar-refractivity contribution is 5.76. The predicted molar refractivity (Wildman–Crippen MR) is 189 cm³/mol. The second kappa shape index (κ2) is 13.8. The van der Waals surface area contributed by atoms with E-state index in [2.05, 4.69) is 86.3 Å². The quantitative estimate of drug-likeness (QED) is 0.160. The fourth-order valence-corrected chi connectivity index (χ4v) is 6.51. The molecule has 0 atom stereocenters. The van der Waals surface area contributed by atoms with Gasteiger partial charge in [-0.25, -0.2) is 9.97 Å². The molecule has 4 heterocycles. The number of phenolic OH excluding ortho intramolecular Hbond substituents is 1. The number of imidazole rings is 2. The van der Waals surface area contributed by atoms with Crippen molar-refractivity contribution < 1.29 is 5.11 Å². The lowest BCUT2D eigenvalue weighted by Crippen LogP contribution is -2.26. The molecule has 9 heteroatoms. The molecule has 0 fully saturated rings. The molecular formula is C39H40N8O. The Morgan fingerprint density at radius 3 is 1.44 bits per heavy atom. The van der Waals surface area contributed by atoms with E-state index in [4.69, 9.17) is 9.97 Å². The molecular weight excluding hydrogens is 596 g/mol. The lowest BCUT2D eigenvalue weighted by atomic mass is 10.0. The summed E-state index contributed by atoms with van der Waals surface area (Å²) < 4.78 is 4.32. The third-order valence-electron chi connectivity index (χ3n) is 8.91. The number of aryl methyl sites for hydroxylation is 3. The number of phenols is 1. The topological polar surface area (TPSA) is 88.1 Å². The minimum absolute atomic E-state index is 0.313. The first-order valence-electron chi connectivity index (χ1n) is 16.3. The van der Waals surface area contributed by atoms with Crippen LogP contribution in [0.25, 0.3) is 22.1 Å². The number of benzene rings is 3. The lowest BCUT2D eigenvalue weighted by molar-refractivity contribution is 0.225. The molecule has 0 saturated heterocycles. The first-order valence-corrected chi connectivity index (χ1v) is 16.3. The van der Waals surface area contributed by atoms with Crippen LogP contribution in [0.15, 0.2) is 109 Å². The van der Waals surface area contributed by atoms with Crippen LogP contribution in [0.3, 0.4) is 0 Å². The second-order valence-electron chi connectivity index (χ2n) is 12.5. The van der Waals surface area contributed by atoms with Crippen molar-refractivity contribution in [2.45, 2.75) is 46.2 Å². The molecule has 0 aliphatic heterocycles. The SMILES string of the molecule is Cc1cc(CN(Cc2ccccn2)Cc2ccccn2)c(O)c(CN(Cc2nc3ccccc3n2C)Cc2nc3ccccc3n2C)c1. The average Bonchev–Trinajstić information content (AvgIpc) is 3.59. The summed E-state index contributed by atoms with van der Waals surface area (Å²) in [5, 5.41) is 11.9. The van der Waals surface area contributed by atoms with E-state index in [1.54, 1.807) is 0 Å². The average molecular weight is 637 g/mol. The lowest BCUT2D eigenvalue weighted by Gasteiger charge is -2.25. The molecule has 0 aliphatic carbocycles. The van der Waals surface area contributed by atoms with Crippen LogP contribution in [0.1, 0.15) is 39.7 Å². The van der Waals surface area contributed by atoms with Crippen molar-refractivity contribution in [2.75, 3.05) is 0 Å². The van der Waals surface area contributed by atoms with E-state index in [1.165, 1.54) is 0 Å². The summed E-state index contributed by atoms with van der Waals surface area (Å²) in [7, 11) is 4.13. The minimum Gasteiger partial charge on any atom is -0.507 e. The van der Waals surface area contributed by atoms with E-state index in [0.29, 0.717) is 45.0 Å². The summed E-state index contributed by atoms with van der Waals surface area (Å²) in [6.07, 6.45) is 3.64. The fourth-order valence-electron chi connectivity index (χ4n) is 6.51. The maximum absolute atomic E-state index is 11.9. The molecule has 0 saturated carbocycles. The molecule has 3 aromatic carbocycles. The van der Waals surface area contributed by atoms with Crippen molar-refractivity contribution in [3.05, 3.63) is 149 Å². The van der Waals surface area contributed by atoms with E-state index < -0.39 is 0 Å². The van der Waals surface area contributed by atoms with Gasteiger partial charge in [0.1, 0.15) is 17.4 Å². The monoisotopic (exact) mass is 636 g/mol. The maximum atomic E-state index is 11.9. The fraction of sp³-hybridized carbons (Fsp3) is 0.231. The van der Waals surface area contributed by atoms with Crippen molar-refractivity contribution in [3.8, 4) is 5.75 Å². The molecule has 0 spiro atoms. The molecule has 7 aromatic rings. The zero-order valence-corrected chi connectivity index (χ0v) is 27.7. The van der Waals surface area contributed by atoms with Gasteiger partial charge < -0.3 is 14.2 Å². The third-order valence-corrected chi connectivity index (χ3v) is 8.91. The maximum Gasteiger partial charge on any atom is 0.124 e. The van der Waals surface area contributed by atoms with Crippen LogP contribution in [0.4, 0.5) is 0 Å². The van der Waals surface area contributed by atoms with E-state index in [-0.39, 0.29) is 0 Å². The Bertz CT molecular complexity index is 2030. The predicted octanol–water partition coefficient (Wildman–Crippen LogP) is 6.67. The zero-order chi connectivity index (χ0) is 33.0. The van der Waals surface area contributed by atoms with Crippen LogP contribution >= 0.6 is 0 Å². The molecule has 0 aliphatic rings. The number of hydrogen-bond donors (Lipinski definition) is 1. The Morgan fingerprint density at radius 1 is 0.562 bits per heavy atom. The van der Waals surface area contributed by atoms with Crippen molar-refractivity contribution in [2.24, 2.45) is 14.1 Å². The highest BCUT2D eigenvalue weighted by Gasteiger charge is 2.21. The number of nitrogens with zero attached hydrogens (tertiary/aromatic N) is 8. The highest BCUT2D eigenvalue weighted by atomic mass is 16.3. The smallest absolute Gasteiger partial charge is 0.124 e. The van der Waals surface area contributed by atoms with E-state index in [9.17, 15) is 5.11 Å². The largest absolute Gasteiger partial charge is 0.507 e. The number of aromatic nitrogens is 6. The van der Waals surface area contributed by atoms with Gasteiger partial charge in [-0.1, -0.05) is 54.1 Å². The second-order valence-corrected chi connectivity index (χ2v) is 12.5. The van der Waals surface area contributed by atoms with E-state index in [0.717, 1.165) is 61.8 Å². The van der Waals surface area contributed by atoms with Crippen LogP contribution in [0.5, 0.6) is 5.75 Å². The Kier molecular flexibility index (Phi) is 8.96. The number of para-hydroxylation sites is 4. The number of fused-ring (bicyclic) bond motifs is 2.